The zero-order valence-electron chi connectivity index (χ0n) is 33.2. The molecule has 0 aromatic heterocycles. The van der Waals surface area contributed by atoms with Gasteiger partial charge in [-0.05, 0) is 132 Å². The molecule has 6 rings (SSSR count). The van der Waals surface area contributed by atoms with Crippen LogP contribution in [0.25, 0.3) is 0 Å². The molecule has 0 bridgehead atoms. The Kier molecular flexibility index (Phi) is 15.4. The SMILES string of the molecule is C.CC(C)C1CCN(C(C)C)c2ccccc21.CC(C)c1ccc(C(C)C)c2c1CCCC2=O.CC(C)c1ccc(C(C)C)c2c1CCNC2. The fourth-order valence-corrected chi connectivity index (χ4v) is 8.44. The van der Waals surface area contributed by atoms with Gasteiger partial charge in [-0.3, -0.25) is 4.79 Å². The summed E-state index contributed by atoms with van der Waals surface area (Å²) in [6, 6.07) is 18.6. The van der Waals surface area contributed by atoms with E-state index in [0.717, 1.165) is 49.8 Å². The lowest BCUT2D eigenvalue weighted by Gasteiger charge is -2.39. The number of Topliss-reactive ketones (excluding diaryl/α,β-unsaturated/α-hetero) is 1. The Hall–Kier alpha value is -2.91. The molecule has 1 unspecified atom stereocenters. The van der Waals surface area contributed by atoms with Crippen LogP contribution in [0.2, 0.25) is 0 Å². The first-order valence-electron chi connectivity index (χ1n) is 19.6. The number of rotatable bonds is 6. The summed E-state index contributed by atoms with van der Waals surface area (Å²) in [5.74, 6) is 4.07. The predicted molar refractivity (Wildman–Crippen MR) is 220 cm³/mol. The zero-order valence-corrected chi connectivity index (χ0v) is 33.2. The Morgan fingerprint density at radius 2 is 1.18 bits per heavy atom. The van der Waals surface area contributed by atoms with E-state index in [1.165, 1.54) is 47.3 Å². The van der Waals surface area contributed by atoms with E-state index in [9.17, 15) is 4.79 Å². The Balaban J connectivity index is 0.000000201. The highest BCUT2D eigenvalue weighted by molar-refractivity contribution is 6.00. The lowest BCUT2D eigenvalue weighted by Crippen LogP contribution is -2.37. The molecule has 3 aliphatic rings. The second-order valence-corrected chi connectivity index (χ2v) is 16.6. The lowest BCUT2D eigenvalue weighted by molar-refractivity contribution is 0.0971. The Morgan fingerprint density at radius 3 is 1.74 bits per heavy atom. The summed E-state index contributed by atoms with van der Waals surface area (Å²) < 4.78 is 0. The van der Waals surface area contributed by atoms with Crippen LogP contribution in [0.4, 0.5) is 5.69 Å². The van der Waals surface area contributed by atoms with Gasteiger partial charge in [-0.25, -0.2) is 0 Å². The summed E-state index contributed by atoms with van der Waals surface area (Å²) in [6.07, 6.45) is 5.33. The van der Waals surface area contributed by atoms with Gasteiger partial charge in [0.2, 0.25) is 0 Å². The van der Waals surface area contributed by atoms with Crippen molar-refractivity contribution in [3.8, 4) is 0 Å². The molecular formula is C47H72N2O. The van der Waals surface area contributed by atoms with Crippen molar-refractivity contribution < 1.29 is 4.79 Å². The lowest BCUT2D eigenvalue weighted by atomic mass is 9.79. The molecule has 1 atom stereocenters. The maximum absolute atomic E-state index is 12.2. The third-order valence-corrected chi connectivity index (χ3v) is 11.1. The molecule has 1 N–H and O–H groups in total. The molecule has 0 spiro atoms. The molecule has 50 heavy (non-hydrogen) atoms. The minimum atomic E-state index is 0. The number of carbonyl (C=O) groups excluding carboxylic acids is 1. The molecule has 0 saturated heterocycles. The van der Waals surface area contributed by atoms with Gasteiger partial charge in [0, 0.05) is 36.8 Å². The van der Waals surface area contributed by atoms with Crippen molar-refractivity contribution in [1.82, 2.24) is 5.32 Å². The fraction of sp³-hybridized carbons (Fsp3) is 0.596. The van der Waals surface area contributed by atoms with Crippen molar-refractivity contribution in [3.05, 3.63) is 98.6 Å². The highest BCUT2D eigenvalue weighted by Crippen LogP contribution is 2.40. The zero-order chi connectivity index (χ0) is 36.0. The third kappa shape index (κ3) is 9.49. The summed E-state index contributed by atoms with van der Waals surface area (Å²) in [7, 11) is 0. The van der Waals surface area contributed by atoms with E-state index in [-0.39, 0.29) is 7.43 Å². The standard InChI is InChI=1S/C16H22O.2C15H23N.CH4/c1-10(2)12-8-9-13(11(3)4)16-14(12)6-5-7-15(16)17;1-10(2)12-5-6-13(11(3)4)15-9-16-8-7-14(12)15;1-11(2)13-9-10-16(12(3)4)15-8-6-5-7-14(13)15;/h8-11H,5-7H2,1-4H3;5-6,10-11,16H,7-9H2,1-4H3;5-8,11-13H,9-10H2,1-4H3;1H4. The fourth-order valence-electron chi connectivity index (χ4n) is 8.44. The van der Waals surface area contributed by atoms with Crippen molar-refractivity contribution in [1.29, 1.82) is 0 Å². The maximum Gasteiger partial charge on any atom is 0.163 e. The molecule has 3 aromatic carbocycles. The average molecular weight is 681 g/mol. The van der Waals surface area contributed by atoms with Crippen LogP contribution in [0.3, 0.4) is 0 Å². The molecular weight excluding hydrogens is 609 g/mol. The first-order valence-corrected chi connectivity index (χ1v) is 19.6. The third-order valence-electron chi connectivity index (χ3n) is 11.1. The summed E-state index contributed by atoms with van der Waals surface area (Å²) in [6.45, 7) is 30.6. The van der Waals surface area contributed by atoms with Crippen molar-refractivity contribution in [2.75, 3.05) is 18.0 Å². The number of ketones is 1. The maximum atomic E-state index is 12.2. The van der Waals surface area contributed by atoms with Crippen LogP contribution in [0.1, 0.15) is 194 Å². The van der Waals surface area contributed by atoms with Crippen LogP contribution in [0.15, 0.2) is 48.5 Å². The van der Waals surface area contributed by atoms with Gasteiger partial charge in [0.05, 0.1) is 0 Å². The van der Waals surface area contributed by atoms with Gasteiger partial charge in [-0.15, -0.1) is 0 Å². The monoisotopic (exact) mass is 681 g/mol. The van der Waals surface area contributed by atoms with Crippen molar-refractivity contribution in [3.63, 3.8) is 0 Å². The van der Waals surface area contributed by atoms with E-state index in [1.807, 2.05) is 0 Å². The molecule has 1 aliphatic carbocycles. The molecule has 0 saturated carbocycles. The van der Waals surface area contributed by atoms with Crippen LogP contribution < -0.4 is 10.2 Å². The highest BCUT2D eigenvalue weighted by Gasteiger charge is 2.28. The van der Waals surface area contributed by atoms with E-state index < -0.39 is 0 Å². The summed E-state index contributed by atoms with van der Waals surface area (Å²) >= 11 is 0. The van der Waals surface area contributed by atoms with Crippen LogP contribution in [-0.2, 0) is 19.4 Å². The topological polar surface area (TPSA) is 32.3 Å². The number of benzene rings is 3. The molecule has 0 fully saturated rings. The number of carbonyl (C=O) groups is 1. The number of hydrogen-bond acceptors (Lipinski definition) is 3. The highest BCUT2D eigenvalue weighted by atomic mass is 16.1. The van der Waals surface area contributed by atoms with Gasteiger partial charge in [-0.1, -0.05) is 119 Å². The molecule has 3 nitrogen and oxygen atoms in total. The first-order chi connectivity index (χ1) is 23.2. The van der Waals surface area contributed by atoms with Crippen molar-refractivity contribution in [2.24, 2.45) is 5.92 Å². The van der Waals surface area contributed by atoms with E-state index in [4.69, 9.17) is 0 Å². The van der Waals surface area contributed by atoms with Gasteiger partial charge in [0.15, 0.2) is 5.78 Å². The number of hydrogen-bond donors (Lipinski definition) is 1. The van der Waals surface area contributed by atoms with Gasteiger partial charge >= 0.3 is 0 Å². The molecule has 2 heterocycles. The van der Waals surface area contributed by atoms with Gasteiger partial charge in [-0.2, -0.15) is 0 Å². The Morgan fingerprint density at radius 1 is 0.640 bits per heavy atom. The van der Waals surface area contributed by atoms with Crippen LogP contribution in [-0.4, -0.2) is 24.9 Å². The Bertz CT molecular complexity index is 1470. The summed E-state index contributed by atoms with van der Waals surface area (Å²) in [5.41, 5.74) is 14.3. The van der Waals surface area contributed by atoms with Gasteiger partial charge < -0.3 is 10.2 Å². The molecule has 276 valence electrons. The summed E-state index contributed by atoms with van der Waals surface area (Å²) in [4.78, 5) is 14.7. The number of para-hydroxylation sites is 1. The van der Waals surface area contributed by atoms with Gasteiger partial charge in [0.1, 0.15) is 0 Å². The van der Waals surface area contributed by atoms with Crippen molar-refractivity contribution >= 4 is 11.5 Å². The molecule has 3 heteroatoms. The molecule has 2 aliphatic heterocycles. The molecule has 0 radical (unpaired) electrons. The second kappa shape index (κ2) is 18.5. The first kappa shape index (κ1) is 41.5. The number of fused-ring (bicyclic) bond motifs is 3. The van der Waals surface area contributed by atoms with Crippen molar-refractivity contribution in [2.45, 2.75) is 165 Å². The largest absolute Gasteiger partial charge is 0.369 e. The predicted octanol–water partition coefficient (Wildman–Crippen LogP) is 12.7. The average Bonchev–Trinajstić information content (AvgIpc) is 3.07. The van der Waals surface area contributed by atoms with E-state index in [1.54, 1.807) is 22.3 Å². The smallest absolute Gasteiger partial charge is 0.163 e. The molecule has 3 aromatic rings. The van der Waals surface area contributed by atoms with E-state index >= 15 is 0 Å². The van der Waals surface area contributed by atoms with E-state index in [0.29, 0.717) is 35.5 Å². The quantitative estimate of drug-likeness (QED) is 0.281. The second-order valence-electron chi connectivity index (χ2n) is 16.6. The Labute approximate surface area is 308 Å². The minimum absolute atomic E-state index is 0. The van der Waals surface area contributed by atoms with Crippen LogP contribution >= 0.6 is 0 Å². The van der Waals surface area contributed by atoms with Crippen LogP contribution in [0.5, 0.6) is 0 Å². The normalized spacial score (nSPS) is 16.8. The minimum Gasteiger partial charge on any atom is -0.369 e. The number of anilines is 1. The number of nitrogens with zero attached hydrogens (tertiary/aromatic N) is 1. The number of nitrogens with one attached hydrogen (secondary N) is 1. The van der Waals surface area contributed by atoms with E-state index in [2.05, 4.69) is 142 Å². The van der Waals surface area contributed by atoms with Gasteiger partial charge in [0.25, 0.3) is 0 Å². The molecule has 0 amide bonds. The van der Waals surface area contributed by atoms with Crippen LogP contribution in [0, 0.1) is 5.92 Å². The summed E-state index contributed by atoms with van der Waals surface area (Å²) in [5, 5.41) is 3.50.